The Morgan fingerprint density at radius 3 is 2.69 bits per heavy atom. The van der Waals surface area contributed by atoms with Gasteiger partial charge < -0.3 is 4.74 Å². The maximum atomic E-state index is 5.47. The molecule has 1 aromatic heterocycles. The predicted molar refractivity (Wildman–Crippen MR) is 57.0 cm³/mol. The van der Waals surface area contributed by atoms with Crippen LogP contribution >= 0.6 is 15.9 Å². The minimum Gasteiger partial charge on any atom is -0.477 e. The van der Waals surface area contributed by atoms with Crippen LogP contribution in [0.4, 0.5) is 0 Å². The molecular weight excluding hydrogens is 230 g/mol. The molecule has 0 bridgehead atoms. The van der Waals surface area contributed by atoms with E-state index >= 15 is 0 Å². The lowest BCUT2D eigenvalue weighted by Crippen LogP contribution is -2.05. The summed E-state index contributed by atoms with van der Waals surface area (Å²) in [6, 6.07) is 3.83. The van der Waals surface area contributed by atoms with Crippen molar-refractivity contribution in [1.29, 1.82) is 0 Å². The van der Waals surface area contributed by atoms with Crippen molar-refractivity contribution in [3.8, 4) is 5.88 Å². The largest absolute Gasteiger partial charge is 0.477 e. The predicted octanol–water partition coefficient (Wildman–Crippen LogP) is 3.19. The molecule has 3 heteroatoms. The van der Waals surface area contributed by atoms with E-state index in [9.17, 15) is 0 Å². The van der Waals surface area contributed by atoms with Gasteiger partial charge in [0.15, 0.2) is 0 Å². The maximum Gasteiger partial charge on any atom is 0.213 e. The summed E-state index contributed by atoms with van der Waals surface area (Å²) in [6.07, 6.45) is 0. The fourth-order valence-corrected chi connectivity index (χ4v) is 1.07. The maximum absolute atomic E-state index is 5.47. The lowest BCUT2D eigenvalue weighted by Gasteiger charge is -2.08. The van der Waals surface area contributed by atoms with Crippen LogP contribution in [0.25, 0.3) is 0 Å². The third-order valence-corrected chi connectivity index (χ3v) is 2.40. The molecule has 0 N–H and O–H groups in total. The van der Waals surface area contributed by atoms with Crippen LogP contribution < -0.4 is 4.74 Å². The standard InChI is InChI=1S/C10H14BrNO/c1-7(2)6-13-10-5-4-9(11)8(3)12-10/h4-5,7H,6H2,1-3H3. The van der Waals surface area contributed by atoms with Crippen LogP contribution in [0, 0.1) is 12.8 Å². The fourth-order valence-electron chi connectivity index (χ4n) is 0.853. The number of hydrogen-bond acceptors (Lipinski definition) is 2. The SMILES string of the molecule is Cc1nc(OCC(C)C)ccc1Br. The van der Waals surface area contributed by atoms with Gasteiger partial charge in [-0.2, -0.15) is 0 Å². The van der Waals surface area contributed by atoms with Gasteiger partial charge in [-0.3, -0.25) is 0 Å². The van der Waals surface area contributed by atoms with E-state index in [1.54, 1.807) is 0 Å². The van der Waals surface area contributed by atoms with E-state index in [4.69, 9.17) is 4.74 Å². The van der Waals surface area contributed by atoms with Gasteiger partial charge in [-0.15, -0.1) is 0 Å². The van der Waals surface area contributed by atoms with Gasteiger partial charge in [0.2, 0.25) is 5.88 Å². The molecule has 0 unspecified atom stereocenters. The van der Waals surface area contributed by atoms with Crippen LogP contribution in [0.1, 0.15) is 19.5 Å². The Hall–Kier alpha value is -0.570. The van der Waals surface area contributed by atoms with Gasteiger partial charge in [-0.1, -0.05) is 13.8 Å². The number of aryl methyl sites for hydroxylation is 1. The van der Waals surface area contributed by atoms with Crippen molar-refractivity contribution in [2.75, 3.05) is 6.61 Å². The molecule has 1 rings (SSSR count). The molecule has 0 saturated heterocycles. The van der Waals surface area contributed by atoms with Gasteiger partial charge >= 0.3 is 0 Å². The summed E-state index contributed by atoms with van der Waals surface area (Å²) in [5.41, 5.74) is 0.959. The average Bonchev–Trinajstić information content (AvgIpc) is 2.07. The van der Waals surface area contributed by atoms with Gasteiger partial charge in [0.1, 0.15) is 0 Å². The molecular formula is C10H14BrNO. The number of halogens is 1. The van der Waals surface area contributed by atoms with Crippen LogP contribution in [0.15, 0.2) is 16.6 Å². The highest BCUT2D eigenvalue weighted by atomic mass is 79.9. The highest BCUT2D eigenvalue weighted by Gasteiger charge is 2.00. The second-order valence-corrected chi connectivity index (χ2v) is 4.28. The molecule has 0 aliphatic rings. The summed E-state index contributed by atoms with van der Waals surface area (Å²) in [6.45, 7) is 6.90. The summed E-state index contributed by atoms with van der Waals surface area (Å²) in [5, 5.41) is 0. The van der Waals surface area contributed by atoms with Gasteiger partial charge in [-0.25, -0.2) is 4.98 Å². The molecule has 13 heavy (non-hydrogen) atoms. The van der Waals surface area contributed by atoms with E-state index in [1.165, 1.54) is 0 Å². The first-order valence-corrected chi connectivity index (χ1v) is 5.15. The topological polar surface area (TPSA) is 22.1 Å². The zero-order valence-electron chi connectivity index (χ0n) is 8.17. The van der Waals surface area contributed by atoms with Gasteiger partial charge in [-0.05, 0) is 34.8 Å². The number of pyridine rings is 1. The monoisotopic (exact) mass is 243 g/mol. The van der Waals surface area contributed by atoms with Crippen LogP contribution in [0.3, 0.4) is 0 Å². The molecule has 0 aliphatic heterocycles. The molecule has 1 heterocycles. The Morgan fingerprint density at radius 2 is 2.15 bits per heavy atom. The Bertz CT molecular complexity index is 286. The summed E-state index contributed by atoms with van der Waals surface area (Å²) < 4.78 is 6.49. The Balaban J connectivity index is 2.63. The van der Waals surface area contributed by atoms with Crippen LogP contribution in [0.5, 0.6) is 5.88 Å². The highest BCUT2D eigenvalue weighted by molar-refractivity contribution is 9.10. The van der Waals surface area contributed by atoms with Crippen molar-refractivity contribution in [1.82, 2.24) is 4.98 Å². The van der Waals surface area contributed by atoms with Crippen molar-refractivity contribution in [3.05, 3.63) is 22.3 Å². The number of hydrogen-bond donors (Lipinski definition) is 0. The smallest absolute Gasteiger partial charge is 0.213 e. The molecule has 0 spiro atoms. The third kappa shape index (κ3) is 3.35. The third-order valence-electron chi connectivity index (χ3n) is 1.56. The molecule has 2 nitrogen and oxygen atoms in total. The number of nitrogens with zero attached hydrogens (tertiary/aromatic N) is 1. The van der Waals surface area contributed by atoms with Gasteiger partial charge in [0, 0.05) is 10.5 Å². The zero-order valence-corrected chi connectivity index (χ0v) is 9.76. The molecule has 0 saturated carbocycles. The first-order chi connectivity index (χ1) is 6.09. The minimum atomic E-state index is 0.533. The molecule has 0 atom stereocenters. The van der Waals surface area contributed by atoms with E-state index in [1.807, 2.05) is 19.1 Å². The lowest BCUT2D eigenvalue weighted by atomic mass is 10.2. The van der Waals surface area contributed by atoms with Gasteiger partial charge in [0.05, 0.1) is 12.3 Å². The van der Waals surface area contributed by atoms with E-state index in [-0.39, 0.29) is 0 Å². The van der Waals surface area contributed by atoms with Crippen molar-refractivity contribution in [2.45, 2.75) is 20.8 Å². The molecule has 1 aromatic rings. The normalized spacial score (nSPS) is 10.5. The summed E-state index contributed by atoms with van der Waals surface area (Å²) in [5.74, 6) is 1.24. The van der Waals surface area contributed by atoms with Crippen molar-refractivity contribution < 1.29 is 4.74 Å². The number of aromatic nitrogens is 1. The van der Waals surface area contributed by atoms with Crippen molar-refractivity contribution in [2.24, 2.45) is 5.92 Å². The first kappa shape index (κ1) is 10.5. The number of rotatable bonds is 3. The molecule has 0 amide bonds. The molecule has 0 radical (unpaired) electrons. The van der Waals surface area contributed by atoms with Crippen molar-refractivity contribution >= 4 is 15.9 Å². The van der Waals surface area contributed by atoms with E-state index in [0.29, 0.717) is 18.4 Å². The average molecular weight is 244 g/mol. The van der Waals surface area contributed by atoms with E-state index < -0.39 is 0 Å². The zero-order chi connectivity index (χ0) is 9.84. The summed E-state index contributed by atoms with van der Waals surface area (Å²) in [7, 11) is 0. The quantitative estimate of drug-likeness (QED) is 0.814. The Labute approximate surface area is 87.5 Å². The van der Waals surface area contributed by atoms with Crippen LogP contribution in [-0.2, 0) is 0 Å². The van der Waals surface area contributed by atoms with Crippen molar-refractivity contribution in [3.63, 3.8) is 0 Å². The lowest BCUT2D eigenvalue weighted by molar-refractivity contribution is 0.261. The highest BCUT2D eigenvalue weighted by Crippen LogP contribution is 2.17. The molecule has 0 aliphatic carbocycles. The number of ether oxygens (including phenoxy) is 1. The fraction of sp³-hybridized carbons (Fsp3) is 0.500. The Morgan fingerprint density at radius 1 is 1.46 bits per heavy atom. The molecule has 0 fully saturated rings. The second-order valence-electron chi connectivity index (χ2n) is 3.42. The summed E-state index contributed by atoms with van der Waals surface area (Å²) in [4.78, 5) is 4.28. The van der Waals surface area contributed by atoms with Crippen LogP contribution in [-0.4, -0.2) is 11.6 Å². The van der Waals surface area contributed by atoms with E-state index in [0.717, 1.165) is 10.2 Å². The van der Waals surface area contributed by atoms with Crippen LogP contribution in [0.2, 0.25) is 0 Å². The minimum absolute atomic E-state index is 0.533. The second kappa shape index (κ2) is 4.61. The Kier molecular flexibility index (Phi) is 3.72. The molecule has 72 valence electrons. The van der Waals surface area contributed by atoms with E-state index in [2.05, 4.69) is 34.8 Å². The molecule has 0 aromatic carbocycles. The summed E-state index contributed by atoms with van der Waals surface area (Å²) >= 11 is 3.39. The first-order valence-electron chi connectivity index (χ1n) is 4.35. The van der Waals surface area contributed by atoms with Gasteiger partial charge in [0.25, 0.3) is 0 Å².